The summed E-state index contributed by atoms with van der Waals surface area (Å²) in [6.45, 7) is 2.82. The number of thiophene rings is 1. The second-order valence-electron chi connectivity index (χ2n) is 6.67. The number of sulfonamides is 1. The highest BCUT2D eigenvalue weighted by molar-refractivity contribution is 7.93. The van der Waals surface area contributed by atoms with E-state index in [1.54, 1.807) is 11.8 Å². The molecule has 0 saturated carbocycles. The molecule has 4 rings (SSSR count). The van der Waals surface area contributed by atoms with Gasteiger partial charge in [0.15, 0.2) is 0 Å². The smallest absolute Gasteiger partial charge is 0.311 e. The first kappa shape index (κ1) is 20.4. The Kier molecular flexibility index (Phi) is 5.28. The minimum absolute atomic E-state index is 0.0139. The Labute approximate surface area is 174 Å². The lowest BCUT2D eigenvalue weighted by Gasteiger charge is -2.11. The van der Waals surface area contributed by atoms with Crippen molar-refractivity contribution in [3.05, 3.63) is 46.7 Å². The third-order valence-corrected chi connectivity index (χ3v) is 7.21. The number of carbonyl (C=O) groups is 1. The molecule has 0 unspecified atom stereocenters. The summed E-state index contributed by atoms with van der Waals surface area (Å²) in [4.78, 5) is 14.6. The van der Waals surface area contributed by atoms with Crippen LogP contribution >= 0.6 is 11.3 Å². The Morgan fingerprint density at radius 2 is 1.93 bits per heavy atom. The maximum absolute atomic E-state index is 13.8. The molecule has 158 valence electrons. The lowest BCUT2D eigenvalue weighted by Crippen LogP contribution is -2.27. The van der Waals surface area contributed by atoms with E-state index in [1.807, 2.05) is 0 Å². The summed E-state index contributed by atoms with van der Waals surface area (Å²) in [7, 11) is -4.16. The second kappa shape index (κ2) is 7.76. The van der Waals surface area contributed by atoms with E-state index in [1.165, 1.54) is 6.07 Å². The van der Waals surface area contributed by atoms with Crippen LogP contribution in [0.1, 0.15) is 28.4 Å². The third kappa shape index (κ3) is 3.92. The number of nitrogens with one attached hydrogen (secondary N) is 1. The number of likely N-dealkylation sites (tertiary alicyclic amines) is 1. The van der Waals surface area contributed by atoms with Gasteiger partial charge in [-0.05, 0) is 38.0 Å². The molecule has 30 heavy (non-hydrogen) atoms. The Morgan fingerprint density at radius 3 is 2.63 bits per heavy atom. The molecule has 1 fully saturated rings. The SMILES string of the molecule is Cc1sc(-c2nnc(C(=O)N3CCCC3)o2)cc1S(=O)(=O)Nc1ccc(F)cc1F. The number of aromatic nitrogens is 2. The molecule has 1 amide bonds. The van der Waals surface area contributed by atoms with E-state index in [2.05, 4.69) is 14.9 Å². The first-order valence-corrected chi connectivity index (χ1v) is 11.3. The van der Waals surface area contributed by atoms with Gasteiger partial charge in [-0.25, -0.2) is 17.2 Å². The molecule has 0 aliphatic carbocycles. The van der Waals surface area contributed by atoms with E-state index in [0.29, 0.717) is 28.9 Å². The Morgan fingerprint density at radius 1 is 1.20 bits per heavy atom. The normalized spacial score (nSPS) is 14.3. The molecule has 8 nitrogen and oxygen atoms in total. The van der Waals surface area contributed by atoms with Crippen LogP contribution in [0.25, 0.3) is 10.8 Å². The number of nitrogens with zero attached hydrogens (tertiary/aromatic N) is 3. The van der Waals surface area contributed by atoms with Crippen molar-refractivity contribution < 1.29 is 26.4 Å². The van der Waals surface area contributed by atoms with E-state index in [-0.39, 0.29) is 28.3 Å². The molecule has 0 radical (unpaired) electrons. The molecule has 1 saturated heterocycles. The lowest BCUT2D eigenvalue weighted by molar-refractivity contribution is 0.0754. The van der Waals surface area contributed by atoms with E-state index in [0.717, 1.165) is 36.3 Å². The van der Waals surface area contributed by atoms with Gasteiger partial charge in [-0.2, -0.15) is 0 Å². The standard InChI is InChI=1S/C18H16F2N4O4S2/c1-10-15(30(26,27)23-13-5-4-11(19)8-12(13)20)9-14(29-10)16-21-22-17(28-16)18(25)24-6-2-3-7-24/h4-5,8-9,23H,2-3,6-7H2,1H3. The van der Waals surface area contributed by atoms with Gasteiger partial charge >= 0.3 is 11.8 Å². The molecule has 1 aromatic carbocycles. The van der Waals surface area contributed by atoms with Gasteiger partial charge in [-0.3, -0.25) is 9.52 Å². The van der Waals surface area contributed by atoms with Crippen LogP contribution < -0.4 is 4.72 Å². The number of hydrogen-bond donors (Lipinski definition) is 1. The van der Waals surface area contributed by atoms with Crippen molar-refractivity contribution >= 4 is 33.0 Å². The minimum Gasteiger partial charge on any atom is -0.411 e. The number of aryl methyl sites for hydroxylation is 1. The number of carbonyl (C=O) groups excluding carboxylic acids is 1. The topological polar surface area (TPSA) is 105 Å². The quantitative estimate of drug-likeness (QED) is 0.633. The maximum atomic E-state index is 13.8. The van der Waals surface area contributed by atoms with Crippen LogP contribution in [0, 0.1) is 18.6 Å². The van der Waals surface area contributed by atoms with Crippen LogP contribution in [0.4, 0.5) is 14.5 Å². The fraction of sp³-hybridized carbons (Fsp3) is 0.278. The predicted octanol–water partition coefficient (Wildman–Crippen LogP) is 3.42. The van der Waals surface area contributed by atoms with Crippen molar-refractivity contribution in [1.29, 1.82) is 0 Å². The lowest BCUT2D eigenvalue weighted by atomic mass is 10.3. The van der Waals surface area contributed by atoms with Crippen molar-refractivity contribution in [2.45, 2.75) is 24.7 Å². The Balaban J connectivity index is 1.59. The number of anilines is 1. The van der Waals surface area contributed by atoms with Gasteiger partial charge in [-0.1, -0.05) is 0 Å². The summed E-state index contributed by atoms with van der Waals surface area (Å²) in [6, 6.07) is 3.84. The van der Waals surface area contributed by atoms with Crippen molar-refractivity contribution in [2.75, 3.05) is 17.8 Å². The zero-order valence-electron chi connectivity index (χ0n) is 15.7. The van der Waals surface area contributed by atoms with Crippen molar-refractivity contribution in [3.8, 4) is 10.8 Å². The molecule has 12 heteroatoms. The summed E-state index contributed by atoms with van der Waals surface area (Å²) < 4.78 is 59.9. The van der Waals surface area contributed by atoms with E-state index >= 15 is 0 Å². The highest BCUT2D eigenvalue weighted by Gasteiger charge is 2.27. The van der Waals surface area contributed by atoms with Crippen LogP contribution in [-0.2, 0) is 10.0 Å². The number of halogens is 2. The molecule has 1 N–H and O–H groups in total. The summed E-state index contributed by atoms with van der Waals surface area (Å²) in [5, 5.41) is 7.63. The van der Waals surface area contributed by atoms with Crippen LogP contribution in [-0.4, -0.2) is 42.5 Å². The average molecular weight is 454 g/mol. The largest absolute Gasteiger partial charge is 0.411 e. The monoisotopic (exact) mass is 454 g/mol. The molecule has 2 aromatic heterocycles. The number of hydrogen-bond acceptors (Lipinski definition) is 7. The van der Waals surface area contributed by atoms with Gasteiger partial charge in [0.05, 0.1) is 10.6 Å². The van der Waals surface area contributed by atoms with Gasteiger partial charge in [0, 0.05) is 24.0 Å². The van der Waals surface area contributed by atoms with Gasteiger partial charge in [0.1, 0.15) is 16.5 Å². The van der Waals surface area contributed by atoms with Crippen molar-refractivity contribution in [3.63, 3.8) is 0 Å². The molecular weight excluding hydrogens is 438 g/mol. The van der Waals surface area contributed by atoms with Crippen molar-refractivity contribution in [2.24, 2.45) is 0 Å². The van der Waals surface area contributed by atoms with E-state index in [4.69, 9.17) is 4.42 Å². The van der Waals surface area contributed by atoms with E-state index in [9.17, 15) is 22.0 Å². The molecule has 1 aliphatic rings. The molecule has 0 atom stereocenters. The first-order valence-electron chi connectivity index (χ1n) is 8.96. The number of amides is 1. The molecular formula is C18H16F2N4O4S2. The van der Waals surface area contributed by atoms with Crippen LogP contribution in [0.15, 0.2) is 33.6 Å². The van der Waals surface area contributed by atoms with E-state index < -0.39 is 21.7 Å². The molecule has 3 aromatic rings. The van der Waals surface area contributed by atoms with Gasteiger partial charge < -0.3 is 9.32 Å². The zero-order chi connectivity index (χ0) is 21.5. The predicted molar refractivity (Wildman–Crippen MR) is 105 cm³/mol. The maximum Gasteiger partial charge on any atom is 0.311 e. The summed E-state index contributed by atoms with van der Waals surface area (Å²) in [6.07, 6.45) is 1.83. The van der Waals surface area contributed by atoms with Gasteiger partial charge in [-0.15, -0.1) is 21.5 Å². The van der Waals surface area contributed by atoms with Gasteiger partial charge in [0.25, 0.3) is 15.9 Å². The summed E-state index contributed by atoms with van der Waals surface area (Å²) in [5.74, 6) is -2.36. The first-order chi connectivity index (χ1) is 14.2. The number of rotatable bonds is 5. The van der Waals surface area contributed by atoms with Crippen LogP contribution in [0.3, 0.4) is 0 Å². The minimum atomic E-state index is -4.16. The zero-order valence-corrected chi connectivity index (χ0v) is 17.3. The fourth-order valence-corrected chi connectivity index (χ4v) is 5.66. The fourth-order valence-electron chi connectivity index (χ4n) is 3.07. The average Bonchev–Trinajstić information content (AvgIpc) is 3.43. The van der Waals surface area contributed by atoms with Gasteiger partial charge in [0.2, 0.25) is 0 Å². The summed E-state index contributed by atoms with van der Waals surface area (Å²) in [5.41, 5.74) is -0.375. The Hall–Kier alpha value is -2.86. The van der Waals surface area contributed by atoms with Crippen molar-refractivity contribution in [1.82, 2.24) is 15.1 Å². The highest BCUT2D eigenvalue weighted by Crippen LogP contribution is 2.34. The second-order valence-corrected chi connectivity index (χ2v) is 9.58. The Bertz CT molecular complexity index is 1220. The molecule has 3 heterocycles. The third-order valence-electron chi connectivity index (χ3n) is 4.55. The molecule has 0 bridgehead atoms. The van der Waals surface area contributed by atoms with Crippen LogP contribution in [0.2, 0.25) is 0 Å². The molecule has 0 spiro atoms. The summed E-state index contributed by atoms with van der Waals surface area (Å²) >= 11 is 1.07. The molecule has 1 aliphatic heterocycles. The highest BCUT2D eigenvalue weighted by atomic mass is 32.2. The number of benzene rings is 1. The van der Waals surface area contributed by atoms with Crippen LogP contribution in [0.5, 0.6) is 0 Å².